The molecule has 0 unspecified atom stereocenters. The van der Waals surface area contributed by atoms with E-state index in [9.17, 15) is 0 Å². The zero-order chi connectivity index (χ0) is 3.58. The largest absolute Gasteiger partial charge is 2.00 e. The first-order chi connectivity index (χ1) is 1.73. The van der Waals surface area contributed by atoms with Gasteiger partial charge in [-0.2, -0.15) is 0 Å². The Balaban J connectivity index is -0.0000000450. The third-order valence-corrected chi connectivity index (χ3v) is 0. The minimum Gasteiger partial charge on any atom is -0.672 e. The molecule has 0 amide bonds. The molecule has 28 valence electrons. The van der Waals surface area contributed by atoms with Crippen molar-refractivity contribution in [2.24, 2.45) is 0 Å². The van der Waals surface area contributed by atoms with E-state index in [1.54, 1.807) is 0 Å². The summed E-state index contributed by atoms with van der Waals surface area (Å²) in [6.45, 7) is 0. The van der Waals surface area contributed by atoms with Gasteiger partial charge in [0.05, 0.1) is 0 Å². The van der Waals surface area contributed by atoms with Gasteiger partial charge in [0.2, 0.25) is 0 Å². The molecule has 0 aromatic carbocycles. The van der Waals surface area contributed by atoms with Crippen LogP contribution in [-0.4, -0.2) is 46.9 Å². The van der Waals surface area contributed by atoms with Crippen molar-refractivity contribution in [3.05, 3.63) is 0 Å². The first-order valence-electron chi connectivity index (χ1n) is 0.612. The number of hydrogen-bond donors (Lipinski definition) is 0. The van der Waals surface area contributed by atoms with E-state index >= 15 is 0 Å². The number of rotatable bonds is 0. The summed E-state index contributed by atoms with van der Waals surface area (Å²) in [6.07, 6.45) is 0. The van der Waals surface area contributed by atoms with Crippen molar-refractivity contribution in [1.29, 1.82) is 0 Å². The molecule has 0 bridgehead atoms. The van der Waals surface area contributed by atoms with Crippen LogP contribution in [-0.2, 0) is 21.8 Å². The molecule has 3 nitrogen and oxygen atoms in total. The monoisotopic (exact) mass is 168 g/mol. The van der Waals surface area contributed by atoms with Gasteiger partial charge in [-0.05, 0) is 0 Å². The predicted octanol–water partition coefficient (Wildman–Crippen LogP) is -3.26. The van der Waals surface area contributed by atoms with Gasteiger partial charge in [0.15, 0.2) is 0 Å². The second kappa shape index (κ2) is 9.65. The van der Waals surface area contributed by atoms with Gasteiger partial charge < -0.3 is 14.1 Å². The summed E-state index contributed by atoms with van der Waals surface area (Å²) in [4.78, 5) is 17.0. The van der Waals surface area contributed by atoms with E-state index in [2.05, 4.69) is 0 Å². The third kappa shape index (κ3) is 53.0. The molecule has 0 atom stereocenters. The molecule has 6 heavy (non-hydrogen) atoms. The van der Waals surface area contributed by atoms with Crippen LogP contribution in [0.3, 0.4) is 0 Å². The molecule has 0 rings (SSSR count). The van der Waals surface area contributed by atoms with E-state index in [1.807, 2.05) is 0 Å². The normalized spacial score (nSPS) is 4.00. The Bertz CT molecular complexity index is 33.8. The Labute approximate surface area is 77.4 Å². The fraction of sp³-hybridized carbons (Fsp3) is 0. The molecule has 0 fully saturated rings. The molecule has 0 heterocycles. The molecule has 0 aliphatic rings. The molecule has 0 aromatic rings. The summed E-state index contributed by atoms with van der Waals surface area (Å²) in [7, 11) is -3.63. The average molecular weight is 168 g/mol. The molecule has 0 aromatic heterocycles. The second-order valence-electron chi connectivity index (χ2n) is 0.250. The zero-order valence-electron chi connectivity index (χ0n) is 2.84. The maximum atomic E-state index is 8.52. The van der Waals surface area contributed by atoms with Crippen molar-refractivity contribution in [1.82, 2.24) is 0 Å². The van der Waals surface area contributed by atoms with Crippen molar-refractivity contribution < 1.29 is 31.4 Å². The third-order valence-electron chi connectivity index (χ3n) is 0. The molecular formula is CaCrO3Si+2. The minimum absolute atomic E-state index is 0. The van der Waals surface area contributed by atoms with Crippen molar-refractivity contribution in [2.75, 3.05) is 0 Å². The standard InChI is InChI=1S/Ca.Cr.O3Si/c;;1-4(2)3/q2*+2;-2. The van der Waals surface area contributed by atoms with Gasteiger partial charge >= 0.3 is 55.1 Å². The van der Waals surface area contributed by atoms with Crippen LogP contribution in [0.25, 0.3) is 0 Å². The Hall–Kier alpha value is 1.41. The minimum atomic E-state index is -3.63. The molecule has 6 heteroatoms. The van der Waals surface area contributed by atoms with Gasteiger partial charge in [0.25, 0.3) is 0 Å². The van der Waals surface area contributed by atoms with Gasteiger partial charge in [-0.25, -0.2) is 0 Å². The van der Waals surface area contributed by atoms with E-state index in [0.29, 0.717) is 0 Å². The van der Waals surface area contributed by atoms with Crippen LogP contribution in [0, 0.1) is 0 Å². The summed E-state index contributed by atoms with van der Waals surface area (Å²) >= 11 is 0. The molecule has 0 spiro atoms. The zero-order valence-corrected chi connectivity index (χ0v) is 7.32. The summed E-state index contributed by atoms with van der Waals surface area (Å²) in [5, 5.41) is 0. The molecule has 0 radical (unpaired) electrons. The van der Waals surface area contributed by atoms with Crippen LogP contribution in [0.15, 0.2) is 0 Å². The Morgan fingerprint density at radius 3 is 1.33 bits per heavy atom. The maximum Gasteiger partial charge on any atom is 2.00 e. The van der Waals surface area contributed by atoms with Crippen LogP contribution < -0.4 is 9.59 Å². The molecular weight excluding hydrogens is 168 g/mol. The molecule has 0 saturated heterocycles. The smallest absolute Gasteiger partial charge is 0.672 e. The van der Waals surface area contributed by atoms with Gasteiger partial charge in [0.1, 0.15) is 0 Å². The van der Waals surface area contributed by atoms with Gasteiger partial charge in [-0.3, -0.25) is 0 Å². The first-order valence-corrected chi connectivity index (χ1v) is 1.84. The van der Waals surface area contributed by atoms with Crippen LogP contribution in [0.5, 0.6) is 0 Å². The van der Waals surface area contributed by atoms with Gasteiger partial charge in [0, 0.05) is 9.17 Å². The maximum absolute atomic E-state index is 8.52. The van der Waals surface area contributed by atoms with Crippen molar-refractivity contribution in [2.45, 2.75) is 0 Å². The molecule has 0 N–H and O–H groups in total. The fourth-order valence-electron chi connectivity index (χ4n) is 0. The average Bonchev–Trinajstić information content (AvgIpc) is 0.811. The van der Waals surface area contributed by atoms with Crippen molar-refractivity contribution >= 4 is 46.9 Å². The summed E-state index contributed by atoms with van der Waals surface area (Å²) < 4.78 is 8.52. The Morgan fingerprint density at radius 2 is 1.33 bits per heavy atom. The van der Waals surface area contributed by atoms with Crippen LogP contribution in [0.1, 0.15) is 0 Å². The molecule has 0 aliphatic heterocycles. The Kier molecular flexibility index (Phi) is 25.2. The van der Waals surface area contributed by atoms with Gasteiger partial charge in [-0.1, -0.05) is 0 Å². The fourth-order valence-corrected chi connectivity index (χ4v) is 0. The van der Waals surface area contributed by atoms with Crippen LogP contribution in [0.4, 0.5) is 0 Å². The summed E-state index contributed by atoms with van der Waals surface area (Å²) in [6, 6.07) is 0. The van der Waals surface area contributed by atoms with Gasteiger partial charge in [-0.15, -0.1) is 0 Å². The first kappa shape index (κ1) is 15.7. The summed E-state index contributed by atoms with van der Waals surface area (Å²) in [5.74, 6) is 0. The second-order valence-corrected chi connectivity index (χ2v) is 0.750. The van der Waals surface area contributed by atoms with Crippen molar-refractivity contribution in [3.8, 4) is 0 Å². The molecule has 0 saturated carbocycles. The Morgan fingerprint density at radius 1 is 1.33 bits per heavy atom. The summed E-state index contributed by atoms with van der Waals surface area (Å²) in [5.41, 5.74) is 0. The topological polar surface area (TPSA) is 63.2 Å². The quantitative estimate of drug-likeness (QED) is 0.357. The van der Waals surface area contributed by atoms with E-state index in [-0.39, 0.29) is 55.1 Å². The van der Waals surface area contributed by atoms with Crippen molar-refractivity contribution in [3.63, 3.8) is 0 Å². The number of hydrogen-bond acceptors (Lipinski definition) is 3. The van der Waals surface area contributed by atoms with E-state index < -0.39 is 9.17 Å². The van der Waals surface area contributed by atoms with E-state index in [4.69, 9.17) is 14.1 Å². The SMILES string of the molecule is O=[Si]([O-])[O-].[Ca+2].[Cr+2]. The van der Waals surface area contributed by atoms with E-state index in [1.165, 1.54) is 0 Å². The van der Waals surface area contributed by atoms with E-state index in [0.717, 1.165) is 0 Å². The van der Waals surface area contributed by atoms with Crippen LogP contribution in [0.2, 0.25) is 0 Å². The molecule has 0 aliphatic carbocycles. The van der Waals surface area contributed by atoms with Crippen LogP contribution >= 0.6 is 0 Å². The predicted molar refractivity (Wildman–Crippen MR) is 12.2 cm³/mol.